The zero-order valence-electron chi connectivity index (χ0n) is 20.4. The third-order valence-corrected chi connectivity index (χ3v) is 7.32. The van der Waals surface area contributed by atoms with Crippen LogP contribution in [0.1, 0.15) is 58.1 Å². The molecule has 2 N–H and O–H groups in total. The van der Waals surface area contributed by atoms with Crippen molar-refractivity contribution < 1.29 is 26.2 Å². The minimum atomic E-state index is -4.53. The minimum absolute atomic E-state index is 0.0250. The average molecular weight is 515 g/mol. The van der Waals surface area contributed by atoms with Gasteiger partial charge in [-0.15, -0.1) is 0 Å². The summed E-state index contributed by atoms with van der Waals surface area (Å²) >= 11 is 0. The zero-order chi connectivity index (χ0) is 26.3. The molecule has 0 bridgehead atoms. The molecule has 3 aromatic rings. The monoisotopic (exact) mass is 514 g/mol. The van der Waals surface area contributed by atoms with Crippen LogP contribution in [0, 0.1) is 5.41 Å². The first-order chi connectivity index (χ1) is 16.0. The normalized spacial score (nSPS) is 15.1. The number of benzene rings is 2. The Morgan fingerprint density at radius 2 is 1.63 bits per heavy atom. The largest absolute Gasteiger partial charge is 0.417 e. The van der Waals surface area contributed by atoms with Gasteiger partial charge in [-0.3, -0.25) is 5.14 Å². The van der Waals surface area contributed by atoms with Crippen LogP contribution in [-0.4, -0.2) is 19.9 Å². The quantitative estimate of drug-likeness (QED) is 0.326. The SMILES string of the molecule is CC(C)(C)Cn1cc([C@H](CC(C)(C)S(N)=O)C(F)F)c2ccc(-c3ccccc3C(F)(F)F)cc21. The van der Waals surface area contributed by atoms with Gasteiger partial charge in [0.25, 0.3) is 0 Å². The maximum absolute atomic E-state index is 14.3. The molecule has 9 heteroatoms. The fourth-order valence-electron chi connectivity index (χ4n) is 4.35. The predicted molar refractivity (Wildman–Crippen MR) is 132 cm³/mol. The third kappa shape index (κ3) is 6.12. The van der Waals surface area contributed by atoms with Gasteiger partial charge in [0.1, 0.15) is 0 Å². The molecule has 0 aliphatic heterocycles. The summed E-state index contributed by atoms with van der Waals surface area (Å²) in [5.74, 6) is -1.24. The molecule has 0 spiro atoms. The Morgan fingerprint density at radius 1 is 1.00 bits per heavy atom. The summed E-state index contributed by atoms with van der Waals surface area (Å²) in [4.78, 5) is 0. The smallest absolute Gasteiger partial charge is 0.347 e. The number of aromatic nitrogens is 1. The highest BCUT2D eigenvalue weighted by molar-refractivity contribution is 7.84. The van der Waals surface area contributed by atoms with Gasteiger partial charge in [-0.2, -0.15) is 13.2 Å². The molecule has 1 unspecified atom stereocenters. The molecule has 0 fully saturated rings. The van der Waals surface area contributed by atoms with Crippen molar-refractivity contribution >= 4 is 21.9 Å². The Kier molecular flexibility index (Phi) is 7.54. The van der Waals surface area contributed by atoms with Crippen molar-refractivity contribution in [3.8, 4) is 11.1 Å². The molecule has 0 saturated carbocycles. The summed E-state index contributed by atoms with van der Waals surface area (Å²) in [6.45, 7) is 9.61. The number of fused-ring (bicyclic) bond motifs is 1. The topological polar surface area (TPSA) is 48.0 Å². The summed E-state index contributed by atoms with van der Waals surface area (Å²) in [5.41, 5.74) is 0.335. The second-order valence-corrected chi connectivity index (χ2v) is 12.5. The van der Waals surface area contributed by atoms with Crippen LogP contribution < -0.4 is 5.14 Å². The fourth-order valence-corrected chi connectivity index (χ4v) is 4.70. The Bertz CT molecular complexity index is 1220. The Morgan fingerprint density at radius 3 is 2.17 bits per heavy atom. The number of alkyl halides is 5. The van der Waals surface area contributed by atoms with Crippen molar-refractivity contribution in [3.05, 3.63) is 59.8 Å². The second kappa shape index (κ2) is 9.65. The number of hydrogen-bond donors (Lipinski definition) is 1. The molecule has 0 amide bonds. The van der Waals surface area contributed by atoms with Crippen LogP contribution in [-0.2, 0) is 23.7 Å². The van der Waals surface area contributed by atoms with Gasteiger partial charge in [-0.05, 0) is 54.5 Å². The standard InChI is InChI=1S/C26H31F5N2OS/c1-24(2,3)15-33-14-20(19(23(27)28)13-25(4,5)35(32)34)18-11-10-16(12-22(18)33)17-8-6-7-9-21(17)26(29,30)31/h6-12,14,19,23H,13,15,32H2,1-5H3/t19-,35?/m0/s1. The molecule has 3 nitrogen and oxygen atoms in total. The predicted octanol–water partition coefficient (Wildman–Crippen LogP) is 7.51. The highest BCUT2D eigenvalue weighted by Crippen LogP contribution is 2.42. The van der Waals surface area contributed by atoms with Gasteiger partial charge in [0, 0.05) is 29.6 Å². The minimum Gasteiger partial charge on any atom is -0.347 e. The molecule has 2 atom stereocenters. The summed E-state index contributed by atoms with van der Waals surface area (Å²) in [7, 11) is -1.82. The van der Waals surface area contributed by atoms with Gasteiger partial charge in [0.05, 0.1) is 21.3 Å². The lowest BCUT2D eigenvalue weighted by Gasteiger charge is -2.27. The van der Waals surface area contributed by atoms with Crippen molar-refractivity contribution in [2.45, 2.75) is 70.9 Å². The van der Waals surface area contributed by atoms with Gasteiger partial charge in [0.15, 0.2) is 0 Å². The van der Waals surface area contributed by atoms with E-state index in [9.17, 15) is 26.2 Å². The van der Waals surface area contributed by atoms with Gasteiger partial charge >= 0.3 is 6.18 Å². The average Bonchev–Trinajstić information content (AvgIpc) is 3.07. The van der Waals surface area contributed by atoms with Crippen molar-refractivity contribution in [1.29, 1.82) is 0 Å². The van der Waals surface area contributed by atoms with Gasteiger partial charge < -0.3 is 4.57 Å². The summed E-state index contributed by atoms with van der Waals surface area (Å²) < 4.78 is 82.3. The molecule has 3 rings (SSSR count). The van der Waals surface area contributed by atoms with Gasteiger partial charge in [0.2, 0.25) is 6.43 Å². The second-order valence-electron chi connectivity index (χ2n) is 10.8. The van der Waals surface area contributed by atoms with Crippen LogP contribution in [0.4, 0.5) is 22.0 Å². The number of nitrogens with zero attached hydrogens (tertiary/aromatic N) is 1. The molecule has 0 radical (unpaired) electrons. The first-order valence-electron chi connectivity index (χ1n) is 11.2. The molecule has 192 valence electrons. The van der Waals surface area contributed by atoms with Crippen molar-refractivity contribution in [2.24, 2.45) is 10.6 Å². The van der Waals surface area contributed by atoms with Gasteiger partial charge in [-0.25, -0.2) is 13.0 Å². The van der Waals surface area contributed by atoms with E-state index in [4.69, 9.17) is 5.14 Å². The lowest BCUT2D eigenvalue weighted by atomic mass is 9.89. The molecule has 0 saturated heterocycles. The Hall–Kier alpha value is -2.26. The van der Waals surface area contributed by atoms with Crippen molar-refractivity contribution in [2.75, 3.05) is 0 Å². The number of halogens is 5. The van der Waals surface area contributed by atoms with E-state index < -0.39 is 39.8 Å². The van der Waals surface area contributed by atoms with Crippen LogP contribution in [0.3, 0.4) is 0 Å². The van der Waals surface area contributed by atoms with E-state index in [1.165, 1.54) is 24.3 Å². The molecule has 1 heterocycles. The van der Waals surface area contributed by atoms with Crippen molar-refractivity contribution in [1.82, 2.24) is 4.57 Å². The molecular weight excluding hydrogens is 483 g/mol. The van der Waals surface area contributed by atoms with E-state index in [1.54, 1.807) is 32.2 Å². The van der Waals surface area contributed by atoms with E-state index in [2.05, 4.69) is 0 Å². The van der Waals surface area contributed by atoms with Crippen LogP contribution >= 0.6 is 0 Å². The zero-order valence-corrected chi connectivity index (χ0v) is 21.2. The van der Waals surface area contributed by atoms with Gasteiger partial charge in [-0.1, -0.05) is 51.1 Å². The fraction of sp³-hybridized carbons (Fsp3) is 0.462. The molecule has 35 heavy (non-hydrogen) atoms. The van der Waals surface area contributed by atoms with E-state index in [1.807, 2.05) is 25.3 Å². The number of hydrogen-bond acceptors (Lipinski definition) is 1. The van der Waals surface area contributed by atoms with E-state index in [0.717, 1.165) is 6.07 Å². The molecular formula is C26H31F5N2OS. The van der Waals surface area contributed by atoms with E-state index in [0.29, 0.717) is 28.6 Å². The number of nitrogens with two attached hydrogens (primary N) is 1. The molecule has 1 aromatic heterocycles. The Balaban J connectivity index is 2.24. The molecule has 2 aromatic carbocycles. The van der Waals surface area contributed by atoms with E-state index in [-0.39, 0.29) is 17.4 Å². The first-order valence-corrected chi connectivity index (χ1v) is 12.5. The maximum Gasteiger partial charge on any atom is 0.417 e. The first kappa shape index (κ1) is 27.3. The van der Waals surface area contributed by atoms with Crippen LogP contribution in [0.15, 0.2) is 48.7 Å². The maximum atomic E-state index is 14.3. The van der Waals surface area contributed by atoms with Crippen LogP contribution in [0.2, 0.25) is 0 Å². The van der Waals surface area contributed by atoms with E-state index >= 15 is 0 Å². The lowest BCUT2D eigenvalue weighted by Crippen LogP contribution is -2.35. The molecule has 0 aliphatic carbocycles. The highest BCUT2D eigenvalue weighted by Gasteiger charge is 2.36. The molecule has 0 aliphatic rings. The Labute approximate surface area is 205 Å². The summed E-state index contributed by atoms with van der Waals surface area (Å²) in [6, 6.07) is 10.1. The lowest BCUT2D eigenvalue weighted by molar-refractivity contribution is -0.137. The highest BCUT2D eigenvalue weighted by atomic mass is 32.2. The summed E-state index contributed by atoms with van der Waals surface area (Å²) in [5, 5.41) is 6.10. The third-order valence-electron chi connectivity index (χ3n) is 6.06. The van der Waals surface area contributed by atoms with Crippen molar-refractivity contribution in [3.63, 3.8) is 0 Å². The summed E-state index contributed by atoms with van der Waals surface area (Å²) in [6.07, 6.45) is -5.73. The van der Waals surface area contributed by atoms with Crippen LogP contribution in [0.5, 0.6) is 0 Å². The van der Waals surface area contributed by atoms with Crippen LogP contribution in [0.25, 0.3) is 22.0 Å². The number of rotatable bonds is 7.